The van der Waals surface area contributed by atoms with Crippen molar-refractivity contribution in [3.05, 3.63) is 10.6 Å². The number of aryl methyl sites for hydroxylation is 1. The van der Waals surface area contributed by atoms with Gasteiger partial charge in [-0.2, -0.15) is 0 Å². The maximum Gasteiger partial charge on any atom is 0.312 e. The van der Waals surface area contributed by atoms with E-state index in [9.17, 15) is 9.90 Å². The predicted octanol–water partition coefficient (Wildman–Crippen LogP) is 2.26. The summed E-state index contributed by atoms with van der Waals surface area (Å²) >= 11 is 1.66. The molecule has 1 aromatic rings. The Morgan fingerprint density at radius 2 is 2.10 bits per heavy atom. The molecule has 110 valence electrons. The Labute approximate surface area is 122 Å². The van der Waals surface area contributed by atoms with Crippen molar-refractivity contribution in [3.63, 3.8) is 0 Å². The number of hydrogen-bond donors (Lipinski definition) is 1. The second kappa shape index (κ2) is 5.33. The fourth-order valence-electron chi connectivity index (χ4n) is 3.12. The lowest BCUT2D eigenvalue weighted by molar-refractivity contribution is -0.139. The summed E-state index contributed by atoms with van der Waals surface area (Å²) in [5.41, 5.74) is 0.801. The minimum atomic E-state index is -0.744. The van der Waals surface area contributed by atoms with Crippen molar-refractivity contribution in [2.24, 2.45) is 0 Å². The molecule has 1 aliphatic heterocycles. The molecule has 1 unspecified atom stereocenters. The van der Waals surface area contributed by atoms with E-state index in [0.29, 0.717) is 6.42 Å². The molecule has 3 atom stereocenters. The van der Waals surface area contributed by atoms with Gasteiger partial charge in [0.05, 0.1) is 17.9 Å². The van der Waals surface area contributed by atoms with Crippen LogP contribution in [0, 0.1) is 0 Å². The minimum Gasteiger partial charge on any atom is -0.481 e. The van der Waals surface area contributed by atoms with Crippen LogP contribution in [0.2, 0.25) is 0 Å². The molecule has 2 aliphatic rings. The molecule has 1 N–H and O–H groups in total. The second-order valence-corrected chi connectivity index (χ2v) is 6.81. The highest BCUT2D eigenvalue weighted by atomic mass is 32.1. The first kappa shape index (κ1) is 13.8. The van der Waals surface area contributed by atoms with Gasteiger partial charge in [0.15, 0.2) is 5.13 Å². The van der Waals surface area contributed by atoms with Crippen LogP contribution in [-0.2, 0) is 16.0 Å². The third-order valence-electron chi connectivity index (χ3n) is 3.93. The molecule has 6 heteroatoms. The standard InChI is InChI=1S/C14H20N2O3S/c1-8-6-16(7-9(2)19-8)14-15-12-10(13(17)18)4-3-5-11(12)20-14/h8-10H,3-7H2,1-2H3,(H,17,18)/t8-,9+,10?. The molecule has 0 amide bonds. The number of nitrogens with zero attached hydrogens (tertiary/aromatic N) is 2. The Bertz CT molecular complexity index is 507. The summed E-state index contributed by atoms with van der Waals surface area (Å²) in [6.07, 6.45) is 3.00. The van der Waals surface area contributed by atoms with Crippen molar-refractivity contribution >= 4 is 22.4 Å². The topological polar surface area (TPSA) is 62.7 Å². The van der Waals surface area contributed by atoms with Crippen molar-refractivity contribution in [3.8, 4) is 0 Å². The van der Waals surface area contributed by atoms with Gasteiger partial charge in [0.25, 0.3) is 0 Å². The van der Waals surface area contributed by atoms with E-state index in [0.717, 1.165) is 41.6 Å². The summed E-state index contributed by atoms with van der Waals surface area (Å²) in [6, 6.07) is 0. The molecule has 1 fully saturated rings. The molecular formula is C14H20N2O3S. The second-order valence-electron chi connectivity index (χ2n) is 5.75. The summed E-state index contributed by atoms with van der Waals surface area (Å²) < 4.78 is 5.74. The SMILES string of the molecule is C[C@@H]1CN(c2nc3c(s2)CCCC3C(=O)O)C[C@H](C)O1. The van der Waals surface area contributed by atoms with Crippen LogP contribution in [0.15, 0.2) is 0 Å². The molecule has 0 saturated carbocycles. The molecular weight excluding hydrogens is 276 g/mol. The molecule has 0 radical (unpaired) electrons. The highest BCUT2D eigenvalue weighted by molar-refractivity contribution is 7.15. The van der Waals surface area contributed by atoms with Crippen LogP contribution in [0.5, 0.6) is 0 Å². The lowest BCUT2D eigenvalue weighted by Crippen LogP contribution is -2.45. The van der Waals surface area contributed by atoms with E-state index in [1.165, 1.54) is 0 Å². The molecule has 1 aliphatic carbocycles. The van der Waals surface area contributed by atoms with Gasteiger partial charge < -0.3 is 14.7 Å². The number of carboxylic acid groups (broad SMARTS) is 1. The van der Waals surface area contributed by atoms with Crippen LogP contribution < -0.4 is 4.90 Å². The summed E-state index contributed by atoms with van der Waals surface area (Å²) in [5.74, 6) is -1.16. The Hall–Kier alpha value is -1.14. The van der Waals surface area contributed by atoms with Crippen molar-refractivity contribution in [1.82, 2.24) is 4.98 Å². The molecule has 20 heavy (non-hydrogen) atoms. The normalized spacial score (nSPS) is 30.1. The van der Waals surface area contributed by atoms with Crippen molar-refractivity contribution in [2.45, 2.75) is 51.2 Å². The smallest absolute Gasteiger partial charge is 0.312 e. The number of carboxylic acids is 1. The van der Waals surface area contributed by atoms with Gasteiger partial charge in [-0.1, -0.05) is 0 Å². The zero-order chi connectivity index (χ0) is 14.3. The summed E-state index contributed by atoms with van der Waals surface area (Å²) in [6.45, 7) is 5.79. The van der Waals surface area contributed by atoms with E-state index in [4.69, 9.17) is 4.74 Å². The molecule has 1 aromatic heterocycles. The largest absolute Gasteiger partial charge is 0.481 e. The number of hydrogen-bond acceptors (Lipinski definition) is 5. The van der Waals surface area contributed by atoms with Crippen molar-refractivity contribution in [2.75, 3.05) is 18.0 Å². The first-order chi connectivity index (χ1) is 9.54. The molecule has 0 bridgehead atoms. The Morgan fingerprint density at radius 1 is 1.40 bits per heavy atom. The van der Waals surface area contributed by atoms with Crippen molar-refractivity contribution in [1.29, 1.82) is 0 Å². The van der Waals surface area contributed by atoms with Gasteiger partial charge in [-0.05, 0) is 33.1 Å². The highest BCUT2D eigenvalue weighted by Gasteiger charge is 2.32. The van der Waals surface area contributed by atoms with E-state index in [-0.39, 0.29) is 12.2 Å². The number of morpholine rings is 1. The van der Waals surface area contributed by atoms with E-state index in [2.05, 4.69) is 23.7 Å². The highest BCUT2D eigenvalue weighted by Crippen LogP contribution is 2.38. The molecule has 5 nitrogen and oxygen atoms in total. The zero-order valence-corrected chi connectivity index (χ0v) is 12.7. The van der Waals surface area contributed by atoms with Gasteiger partial charge in [0, 0.05) is 18.0 Å². The number of fused-ring (bicyclic) bond motifs is 1. The molecule has 0 spiro atoms. The Kier molecular flexibility index (Phi) is 3.69. The fraction of sp³-hybridized carbons (Fsp3) is 0.714. The monoisotopic (exact) mass is 296 g/mol. The minimum absolute atomic E-state index is 0.190. The average molecular weight is 296 g/mol. The van der Waals surface area contributed by atoms with E-state index in [1.807, 2.05) is 0 Å². The Morgan fingerprint density at radius 3 is 2.75 bits per heavy atom. The third kappa shape index (κ3) is 2.54. The Balaban J connectivity index is 1.87. The van der Waals surface area contributed by atoms with Crippen LogP contribution in [0.1, 0.15) is 43.2 Å². The summed E-state index contributed by atoms with van der Waals surface area (Å²) in [4.78, 5) is 19.4. The lowest BCUT2D eigenvalue weighted by Gasteiger charge is -2.35. The van der Waals surface area contributed by atoms with Crippen LogP contribution in [0.25, 0.3) is 0 Å². The number of anilines is 1. The quantitative estimate of drug-likeness (QED) is 0.907. The van der Waals surface area contributed by atoms with Crippen LogP contribution in [-0.4, -0.2) is 41.4 Å². The van der Waals surface area contributed by atoms with Crippen LogP contribution in [0.4, 0.5) is 5.13 Å². The maximum atomic E-state index is 11.3. The molecule has 3 rings (SSSR count). The van der Waals surface area contributed by atoms with Gasteiger partial charge in [-0.3, -0.25) is 4.79 Å². The van der Waals surface area contributed by atoms with Gasteiger partial charge in [-0.25, -0.2) is 4.98 Å². The number of aromatic nitrogens is 1. The van der Waals surface area contributed by atoms with Crippen molar-refractivity contribution < 1.29 is 14.6 Å². The first-order valence-corrected chi connectivity index (χ1v) is 7.99. The van der Waals surface area contributed by atoms with E-state index in [1.54, 1.807) is 11.3 Å². The van der Waals surface area contributed by atoms with Gasteiger partial charge >= 0.3 is 5.97 Å². The molecule has 0 aromatic carbocycles. The average Bonchev–Trinajstić information content (AvgIpc) is 2.80. The predicted molar refractivity (Wildman–Crippen MR) is 77.7 cm³/mol. The molecule has 2 heterocycles. The van der Waals surface area contributed by atoms with E-state index >= 15 is 0 Å². The molecule has 1 saturated heterocycles. The maximum absolute atomic E-state index is 11.3. The van der Waals surface area contributed by atoms with Crippen LogP contribution in [0.3, 0.4) is 0 Å². The van der Waals surface area contributed by atoms with Gasteiger partial charge in [0.2, 0.25) is 0 Å². The number of carbonyl (C=O) groups is 1. The lowest BCUT2D eigenvalue weighted by atomic mass is 9.91. The number of ether oxygens (including phenoxy) is 1. The van der Waals surface area contributed by atoms with E-state index < -0.39 is 11.9 Å². The van der Waals surface area contributed by atoms with Crippen LogP contribution >= 0.6 is 11.3 Å². The fourth-order valence-corrected chi connectivity index (χ4v) is 4.30. The zero-order valence-electron chi connectivity index (χ0n) is 11.8. The van der Waals surface area contributed by atoms with Gasteiger partial charge in [-0.15, -0.1) is 11.3 Å². The van der Waals surface area contributed by atoms with Gasteiger partial charge in [0.1, 0.15) is 5.92 Å². The third-order valence-corrected chi connectivity index (χ3v) is 5.12. The number of aliphatic carboxylic acids is 1. The number of rotatable bonds is 2. The number of thiazole rings is 1. The summed E-state index contributed by atoms with van der Waals surface area (Å²) in [5, 5.41) is 10.3. The first-order valence-electron chi connectivity index (χ1n) is 7.17. The summed E-state index contributed by atoms with van der Waals surface area (Å²) in [7, 11) is 0.